The van der Waals surface area contributed by atoms with E-state index >= 15 is 0 Å². The Morgan fingerprint density at radius 3 is 2.00 bits per heavy atom. The molecule has 0 fully saturated rings. The molecule has 0 atom stereocenters. The van der Waals surface area contributed by atoms with Gasteiger partial charge in [-0.3, -0.25) is 0 Å². The maximum atomic E-state index is 10.6. The smallest absolute Gasteiger partial charge is 0.330 e. The first kappa shape index (κ1) is 19.9. The number of aliphatic carboxylic acids is 1. The molecule has 130 valence electrons. The van der Waals surface area contributed by atoms with Gasteiger partial charge >= 0.3 is 11.9 Å². The third-order valence-corrected chi connectivity index (χ3v) is 3.21. The lowest BCUT2D eigenvalue weighted by atomic mass is 10.1. The van der Waals surface area contributed by atoms with Crippen LogP contribution in [0.15, 0.2) is 85.0 Å². The Morgan fingerprint density at radius 1 is 1.00 bits per heavy atom. The number of ether oxygens (including phenoxy) is 1. The van der Waals surface area contributed by atoms with Gasteiger partial charge in [0.05, 0.1) is 0 Å². The SMILES string of the molecule is C=CC(=O)OCc1ccccc1.CC(=CCc1ccccc1)C(=O)O. The summed E-state index contributed by atoms with van der Waals surface area (Å²) in [4.78, 5) is 21.1. The number of allylic oxidation sites excluding steroid dienone is 1. The Kier molecular flexibility index (Phi) is 9.08. The van der Waals surface area contributed by atoms with E-state index in [1.165, 1.54) is 0 Å². The number of hydrogen-bond acceptors (Lipinski definition) is 3. The molecule has 0 saturated heterocycles. The average molecular weight is 338 g/mol. The number of carbonyl (C=O) groups excluding carboxylic acids is 1. The summed E-state index contributed by atoms with van der Waals surface area (Å²) >= 11 is 0. The lowest BCUT2D eigenvalue weighted by molar-refractivity contribution is -0.139. The van der Waals surface area contributed by atoms with Gasteiger partial charge in [0.2, 0.25) is 0 Å². The van der Waals surface area contributed by atoms with Crippen LogP contribution in [0.1, 0.15) is 18.1 Å². The van der Waals surface area contributed by atoms with Crippen LogP contribution in [0, 0.1) is 0 Å². The van der Waals surface area contributed by atoms with Gasteiger partial charge in [0.15, 0.2) is 0 Å². The van der Waals surface area contributed by atoms with Gasteiger partial charge in [-0.2, -0.15) is 0 Å². The number of carboxylic acid groups (broad SMARTS) is 1. The van der Waals surface area contributed by atoms with E-state index in [0.717, 1.165) is 17.2 Å². The van der Waals surface area contributed by atoms with Gasteiger partial charge in [-0.1, -0.05) is 73.3 Å². The van der Waals surface area contributed by atoms with Crippen molar-refractivity contribution in [3.63, 3.8) is 0 Å². The quantitative estimate of drug-likeness (QED) is 0.634. The largest absolute Gasteiger partial charge is 0.478 e. The molecular formula is C21H22O4. The number of carbonyl (C=O) groups is 2. The van der Waals surface area contributed by atoms with Crippen molar-refractivity contribution in [1.82, 2.24) is 0 Å². The van der Waals surface area contributed by atoms with Crippen LogP contribution in [0.5, 0.6) is 0 Å². The molecule has 2 rings (SSSR count). The molecule has 0 aliphatic carbocycles. The number of esters is 1. The molecule has 4 heteroatoms. The maximum Gasteiger partial charge on any atom is 0.330 e. The molecular weight excluding hydrogens is 316 g/mol. The first-order valence-corrected chi connectivity index (χ1v) is 7.80. The first-order chi connectivity index (χ1) is 12.0. The van der Waals surface area contributed by atoms with Crippen LogP contribution in [-0.2, 0) is 27.4 Å². The molecule has 2 aromatic carbocycles. The summed E-state index contributed by atoms with van der Waals surface area (Å²) in [6, 6.07) is 19.3. The number of benzene rings is 2. The van der Waals surface area contributed by atoms with Gasteiger partial charge in [0, 0.05) is 11.6 Å². The highest BCUT2D eigenvalue weighted by atomic mass is 16.5. The fourth-order valence-corrected chi connectivity index (χ4v) is 1.76. The van der Waals surface area contributed by atoms with Crippen molar-refractivity contribution >= 4 is 11.9 Å². The number of rotatable bonds is 6. The standard InChI is InChI=1S/C11H12O2.C10H10O2/c1-9(11(12)13)7-8-10-5-3-2-4-6-10;1-2-10(11)12-8-9-6-4-3-5-7-9/h2-7H,8H2,1H3,(H,12,13);2-7H,1,8H2. The zero-order valence-corrected chi connectivity index (χ0v) is 14.2. The summed E-state index contributed by atoms with van der Waals surface area (Å²) in [5, 5.41) is 8.59. The second-order valence-corrected chi connectivity index (χ2v) is 5.18. The lowest BCUT2D eigenvalue weighted by Gasteiger charge is -2.00. The molecule has 0 aromatic heterocycles. The zero-order valence-electron chi connectivity index (χ0n) is 14.2. The molecule has 2 aromatic rings. The minimum absolute atomic E-state index is 0.311. The predicted molar refractivity (Wildman–Crippen MR) is 98.0 cm³/mol. The molecule has 0 aliphatic heterocycles. The van der Waals surface area contributed by atoms with Gasteiger partial charge in [-0.05, 0) is 24.5 Å². The van der Waals surface area contributed by atoms with Crippen molar-refractivity contribution in [2.24, 2.45) is 0 Å². The van der Waals surface area contributed by atoms with Gasteiger partial charge < -0.3 is 9.84 Å². The van der Waals surface area contributed by atoms with E-state index in [9.17, 15) is 9.59 Å². The highest BCUT2D eigenvalue weighted by molar-refractivity contribution is 5.85. The highest BCUT2D eigenvalue weighted by Crippen LogP contribution is 2.03. The van der Waals surface area contributed by atoms with Crippen molar-refractivity contribution in [2.75, 3.05) is 0 Å². The monoisotopic (exact) mass is 338 g/mol. The summed E-state index contributed by atoms with van der Waals surface area (Å²) in [5.74, 6) is -1.24. The van der Waals surface area contributed by atoms with E-state index in [-0.39, 0.29) is 5.97 Å². The van der Waals surface area contributed by atoms with Crippen LogP contribution < -0.4 is 0 Å². The van der Waals surface area contributed by atoms with Crippen molar-refractivity contribution in [3.05, 3.63) is 96.1 Å². The van der Waals surface area contributed by atoms with Crippen molar-refractivity contribution in [1.29, 1.82) is 0 Å². The van der Waals surface area contributed by atoms with Crippen LogP contribution in [0.4, 0.5) is 0 Å². The topological polar surface area (TPSA) is 63.6 Å². The molecule has 0 aliphatic rings. The van der Waals surface area contributed by atoms with Crippen molar-refractivity contribution in [2.45, 2.75) is 20.0 Å². The van der Waals surface area contributed by atoms with E-state index in [4.69, 9.17) is 9.84 Å². The van der Waals surface area contributed by atoms with E-state index < -0.39 is 5.97 Å². The van der Waals surface area contributed by atoms with E-state index in [0.29, 0.717) is 18.6 Å². The summed E-state index contributed by atoms with van der Waals surface area (Å²) in [6.45, 7) is 5.21. The molecule has 0 amide bonds. The fraction of sp³-hybridized carbons (Fsp3) is 0.143. The van der Waals surface area contributed by atoms with E-state index in [1.54, 1.807) is 13.0 Å². The molecule has 0 saturated carbocycles. The zero-order chi connectivity index (χ0) is 18.5. The highest BCUT2D eigenvalue weighted by Gasteiger charge is 1.98. The van der Waals surface area contributed by atoms with Gasteiger partial charge in [-0.15, -0.1) is 0 Å². The Morgan fingerprint density at radius 2 is 1.52 bits per heavy atom. The maximum absolute atomic E-state index is 10.6. The minimum atomic E-state index is -0.851. The average Bonchev–Trinajstić information content (AvgIpc) is 2.66. The van der Waals surface area contributed by atoms with Crippen molar-refractivity contribution < 1.29 is 19.4 Å². The molecule has 25 heavy (non-hydrogen) atoms. The number of carboxylic acids is 1. The summed E-state index contributed by atoms with van der Waals surface area (Å²) in [6.07, 6.45) is 3.56. The summed E-state index contributed by atoms with van der Waals surface area (Å²) in [5.41, 5.74) is 2.50. The van der Waals surface area contributed by atoms with Crippen LogP contribution in [0.3, 0.4) is 0 Å². The van der Waals surface area contributed by atoms with Gasteiger partial charge in [0.25, 0.3) is 0 Å². The molecule has 0 radical (unpaired) electrons. The summed E-state index contributed by atoms with van der Waals surface area (Å²) < 4.78 is 4.82. The normalized spacial score (nSPS) is 10.2. The Labute approximate surface area is 148 Å². The second kappa shape index (κ2) is 11.4. The Balaban J connectivity index is 0.000000251. The van der Waals surface area contributed by atoms with E-state index in [1.807, 2.05) is 60.7 Å². The van der Waals surface area contributed by atoms with Crippen LogP contribution in [0.25, 0.3) is 0 Å². The fourth-order valence-electron chi connectivity index (χ4n) is 1.76. The molecule has 0 unspecified atom stereocenters. The molecule has 0 bridgehead atoms. The predicted octanol–water partition coefficient (Wildman–Crippen LogP) is 4.18. The van der Waals surface area contributed by atoms with Crippen LogP contribution >= 0.6 is 0 Å². The third-order valence-electron chi connectivity index (χ3n) is 3.21. The molecule has 4 nitrogen and oxygen atoms in total. The van der Waals surface area contributed by atoms with Crippen LogP contribution in [-0.4, -0.2) is 17.0 Å². The molecule has 1 N–H and O–H groups in total. The summed E-state index contributed by atoms with van der Waals surface area (Å²) in [7, 11) is 0. The van der Waals surface area contributed by atoms with Gasteiger partial charge in [-0.25, -0.2) is 9.59 Å². The Hall–Kier alpha value is -3.14. The van der Waals surface area contributed by atoms with Crippen molar-refractivity contribution in [3.8, 4) is 0 Å². The molecule has 0 spiro atoms. The van der Waals surface area contributed by atoms with Gasteiger partial charge in [0.1, 0.15) is 6.61 Å². The molecule has 0 heterocycles. The first-order valence-electron chi connectivity index (χ1n) is 7.80. The Bertz CT molecular complexity index is 703. The van der Waals surface area contributed by atoms with E-state index in [2.05, 4.69) is 6.58 Å². The second-order valence-electron chi connectivity index (χ2n) is 5.18. The van der Waals surface area contributed by atoms with Crippen LogP contribution in [0.2, 0.25) is 0 Å². The third kappa shape index (κ3) is 8.91. The number of hydrogen-bond donors (Lipinski definition) is 1. The lowest BCUT2D eigenvalue weighted by Crippen LogP contribution is -1.99. The minimum Gasteiger partial charge on any atom is -0.478 e.